The van der Waals surface area contributed by atoms with Crippen LogP contribution in [0.5, 0.6) is 0 Å². The van der Waals surface area contributed by atoms with Crippen LogP contribution in [0, 0.1) is 0 Å². The second-order valence-corrected chi connectivity index (χ2v) is 5.31. The highest BCUT2D eigenvalue weighted by atomic mass is 16.2. The van der Waals surface area contributed by atoms with Gasteiger partial charge in [0.25, 0.3) is 11.8 Å². The Morgan fingerprint density at radius 1 is 1.09 bits per heavy atom. The van der Waals surface area contributed by atoms with Crippen LogP contribution >= 0.6 is 0 Å². The van der Waals surface area contributed by atoms with Gasteiger partial charge in [-0.05, 0) is 18.2 Å². The molecule has 0 radical (unpaired) electrons. The van der Waals surface area contributed by atoms with Crippen LogP contribution in [0.1, 0.15) is 15.9 Å². The molecule has 2 amide bonds. The van der Waals surface area contributed by atoms with Gasteiger partial charge in [-0.15, -0.1) is 0 Å². The maximum atomic E-state index is 12.4. The number of rotatable bonds is 4. The monoisotopic (exact) mass is 307 g/mol. The number of nitrogens with zero attached hydrogens (tertiary/aromatic N) is 2. The van der Waals surface area contributed by atoms with Crippen molar-refractivity contribution in [3.63, 3.8) is 0 Å². The van der Waals surface area contributed by atoms with Crippen molar-refractivity contribution in [2.75, 3.05) is 18.6 Å². The van der Waals surface area contributed by atoms with Crippen molar-refractivity contribution in [1.29, 1.82) is 0 Å². The van der Waals surface area contributed by atoms with Crippen molar-refractivity contribution in [2.45, 2.75) is 0 Å². The van der Waals surface area contributed by atoms with E-state index in [4.69, 9.17) is 0 Å². The molecule has 0 saturated heterocycles. The fourth-order valence-corrected chi connectivity index (χ4v) is 2.58. The van der Waals surface area contributed by atoms with Crippen LogP contribution in [-0.4, -0.2) is 30.3 Å². The van der Waals surface area contributed by atoms with E-state index in [0.29, 0.717) is 11.3 Å². The third-order valence-electron chi connectivity index (χ3n) is 3.78. The van der Waals surface area contributed by atoms with Crippen molar-refractivity contribution in [2.24, 2.45) is 0 Å². The standard InChI is InChI=1S/C18H17N3O2/c1-13-15-10-6-7-11-16(15)18(23)21(13)12-17(22)19-20(2)14-8-4-3-5-9-14/h3-11H,1,12H2,2H3,(H,19,22). The average molecular weight is 307 g/mol. The molecule has 2 aromatic carbocycles. The number of carbonyl (C=O) groups is 2. The first kappa shape index (κ1) is 14.8. The van der Waals surface area contributed by atoms with Gasteiger partial charge in [-0.3, -0.25) is 24.9 Å². The predicted molar refractivity (Wildman–Crippen MR) is 89.5 cm³/mol. The summed E-state index contributed by atoms with van der Waals surface area (Å²) >= 11 is 0. The molecule has 0 bridgehead atoms. The molecule has 1 aliphatic rings. The number of hydrazine groups is 1. The van der Waals surface area contributed by atoms with Crippen LogP contribution in [0.3, 0.4) is 0 Å². The zero-order valence-electron chi connectivity index (χ0n) is 12.8. The molecule has 116 valence electrons. The van der Waals surface area contributed by atoms with Gasteiger partial charge in [0.05, 0.1) is 5.69 Å². The van der Waals surface area contributed by atoms with Crippen molar-refractivity contribution in [3.05, 3.63) is 72.3 Å². The van der Waals surface area contributed by atoms with E-state index in [2.05, 4.69) is 12.0 Å². The molecule has 0 spiro atoms. The predicted octanol–water partition coefficient (Wildman–Crippen LogP) is 2.28. The van der Waals surface area contributed by atoms with Gasteiger partial charge in [0.15, 0.2) is 0 Å². The highest BCUT2D eigenvalue weighted by Crippen LogP contribution is 2.30. The fraction of sp³-hybridized carbons (Fsp3) is 0.111. The van der Waals surface area contributed by atoms with Crippen LogP contribution in [0.2, 0.25) is 0 Å². The van der Waals surface area contributed by atoms with E-state index in [0.717, 1.165) is 11.3 Å². The number of hydrogen-bond donors (Lipinski definition) is 1. The first-order valence-corrected chi connectivity index (χ1v) is 7.26. The van der Waals surface area contributed by atoms with Gasteiger partial charge in [0.1, 0.15) is 6.54 Å². The quantitative estimate of drug-likeness (QED) is 0.882. The molecule has 5 nitrogen and oxygen atoms in total. The van der Waals surface area contributed by atoms with Crippen LogP contribution in [-0.2, 0) is 4.79 Å². The number of anilines is 1. The molecule has 5 heteroatoms. The smallest absolute Gasteiger partial charge is 0.259 e. The number of fused-ring (bicyclic) bond motifs is 1. The first-order chi connectivity index (χ1) is 11.1. The van der Waals surface area contributed by atoms with E-state index in [1.807, 2.05) is 42.5 Å². The number of carbonyl (C=O) groups excluding carboxylic acids is 2. The SMILES string of the molecule is C=C1c2ccccc2C(=O)N1CC(=O)NN(C)c1ccccc1. The van der Waals surface area contributed by atoms with Gasteiger partial charge in [0, 0.05) is 23.9 Å². The average Bonchev–Trinajstić information content (AvgIpc) is 2.81. The van der Waals surface area contributed by atoms with Crippen LogP contribution in [0.15, 0.2) is 61.2 Å². The molecule has 2 aromatic rings. The molecule has 0 unspecified atom stereocenters. The number of benzene rings is 2. The molecular weight excluding hydrogens is 290 g/mol. The molecule has 0 atom stereocenters. The van der Waals surface area contributed by atoms with Crippen LogP contribution in [0.4, 0.5) is 5.69 Å². The lowest BCUT2D eigenvalue weighted by Gasteiger charge is -2.23. The van der Waals surface area contributed by atoms with Crippen molar-refractivity contribution in [3.8, 4) is 0 Å². The summed E-state index contributed by atoms with van der Waals surface area (Å²) in [5.74, 6) is -0.471. The molecule has 1 aliphatic heterocycles. The minimum atomic E-state index is -0.279. The summed E-state index contributed by atoms with van der Waals surface area (Å²) in [4.78, 5) is 26.0. The summed E-state index contributed by atoms with van der Waals surface area (Å²) in [7, 11) is 1.75. The van der Waals surface area contributed by atoms with Crippen molar-refractivity contribution >= 4 is 23.2 Å². The third kappa shape index (κ3) is 2.81. The molecule has 0 fully saturated rings. The number of amides is 2. The van der Waals surface area contributed by atoms with Gasteiger partial charge in [-0.25, -0.2) is 0 Å². The zero-order valence-corrected chi connectivity index (χ0v) is 12.8. The topological polar surface area (TPSA) is 52.7 Å². The Morgan fingerprint density at radius 2 is 1.70 bits per heavy atom. The molecule has 23 heavy (non-hydrogen) atoms. The number of para-hydroxylation sites is 1. The number of hydrogen-bond acceptors (Lipinski definition) is 3. The lowest BCUT2D eigenvalue weighted by atomic mass is 10.1. The Hall–Kier alpha value is -3.08. The van der Waals surface area contributed by atoms with Gasteiger partial charge in [-0.1, -0.05) is 43.0 Å². The molecule has 0 saturated carbocycles. The molecule has 3 rings (SSSR count). The summed E-state index contributed by atoms with van der Waals surface area (Å²) in [5.41, 5.74) is 5.53. The summed E-state index contributed by atoms with van der Waals surface area (Å²) in [5, 5.41) is 1.62. The van der Waals surface area contributed by atoms with E-state index in [1.165, 1.54) is 4.90 Å². The number of nitrogens with one attached hydrogen (secondary N) is 1. The molecule has 0 aromatic heterocycles. The van der Waals surface area contributed by atoms with Gasteiger partial charge < -0.3 is 0 Å². The van der Waals surface area contributed by atoms with E-state index in [1.54, 1.807) is 24.2 Å². The Kier molecular flexibility index (Phi) is 3.85. The largest absolute Gasteiger partial charge is 0.299 e. The minimum absolute atomic E-state index is 0.0660. The second kappa shape index (κ2) is 5.96. The second-order valence-electron chi connectivity index (χ2n) is 5.31. The first-order valence-electron chi connectivity index (χ1n) is 7.26. The molecule has 1 heterocycles. The molecular formula is C18H17N3O2. The lowest BCUT2D eigenvalue weighted by molar-refractivity contribution is -0.121. The van der Waals surface area contributed by atoms with E-state index < -0.39 is 0 Å². The summed E-state index contributed by atoms with van der Waals surface area (Å²) in [6.45, 7) is 3.86. The summed E-state index contributed by atoms with van der Waals surface area (Å²) in [6.07, 6.45) is 0. The maximum absolute atomic E-state index is 12.4. The van der Waals surface area contributed by atoms with Crippen LogP contribution < -0.4 is 10.4 Å². The Bertz CT molecular complexity index is 736. The van der Waals surface area contributed by atoms with E-state index in [-0.39, 0.29) is 18.4 Å². The normalized spacial score (nSPS) is 13.0. The lowest BCUT2D eigenvalue weighted by Crippen LogP contribution is -2.44. The van der Waals surface area contributed by atoms with Crippen LogP contribution in [0.25, 0.3) is 5.70 Å². The van der Waals surface area contributed by atoms with E-state index in [9.17, 15) is 9.59 Å². The highest BCUT2D eigenvalue weighted by molar-refractivity contribution is 6.10. The van der Waals surface area contributed by atoms with E-state index >= 15 is 0 Å². The fourth-order valence-electron chi connectivity index (χ4n) is 2.58. The maximum Gasteiger partial charge on any atom is 0.259 e. The summed E-state index contributed by atoms with van der Waals surface area (Å²) < 4.78 is 0. The Labute approximate surface area is 134 Å². The van der Waals surface area contributed by atoms with Crippen molar-refractivity contribution < 1.29 is 9.59 Å². The van der Waals surface area contributed by atoms with Crippen molar-refractivity contribution in [1.82, 2.24) is 10.3 Å². The van der Waals surface area contributed by atoms with Gasteiger partial charge in [0.2, 0.25) is 0 Å². The Balaban J connectivity index is 1.68. The third-order valence-corrected chi connectivity index (χ3v) is 3.78. The highest BCUT2D eigenvalue weighted by Gasteiger charge is 2.31. The van der Waals surface area contributed by atoms with Gasteiger partial charge in [-0.2, -0.15) is 0 Å². The molecule has 1 N–H and O–H groups in total. The molecule has 0 aliphatic carbocycles. The minimum Gasteiger partial charge on any atom is -0.299 e. The zero-order chi connectivity index (χ0) is 16.4. The summed E-state index contributed by atoms with van der Waals surface area (Å²) in [6, 6.07) is 16.7. The Morgan fingerprint density at radius 3 is 2.35 bits per heavy atom. The van der Waals surface area contributed by atoms with Gasteiger partial charge >= 0.3 is 0 Å².